The average Bonchev–Trinajstić information content (AvgIpc) is 3.09. The average molecular weight is 406 g/mol. The summed E-state index contributed by atoms with van der Waals surface area (Å²) in [5.74, 6) is -0.576. The van der Waals surface area contributed by atoms with Gasteiger partial charge in [0.2, 0.25) is 11.9 Å². The summed E-state index contributed by atoms with van der Waals surface area (Å²) in [6.45, 7) is -0.430. The van der Waals surface area contributed by atoms with Crippen molar-refractivity contribution in [1.82, 2.24) is 19.7 Å². The van der Waals surface area contributed by atoms with Gasteiger partial charge in [0.25, 0.3) is 0 Å². The number of aliphatic hydroxyl groups excluding tert-OH is 1. The van der Waals surface area contributed by atoms with Crippen LogP contribution in [0.5, 0.6) is 0 Å². The molecular formula is C17H17ClFN7O2. The first-order valence-electron chi connectivity index (χ1n) is 8.18. The summed E-state index contributed by atoms with van der Waals surface area (Å²) in [7, 11) is 0. The zero-order valence-corrected chi connectivity index (χ0v) is 15.3. The SMILES string of the molecule is NC(=O)Cn1cc(Nc2ncc(Cl)c(NC(CO)c3ccccc3F)n2)cn1. The molecule has 1 amide bonds. The minimum atomic E-state index is -0.750. The predicted octanol–water partition coefficient (Wildman–Crippen LogP) is 1.84. The highest BCUT2D eigenvalue weighted by Gasteiger charge is 2.17. The van der Waals surface area contributed by atoms with Gasteiger partial charge in [0, 0.05) is 11.8 Å². The number of anilines is 3. The van der Waals surface area contributed by atoms with Crippen molar-refractivity contribution in [2.45, 2.75) is 12.6 Å². The van der Waals surface area contributed by atoms with E-state index in [9.17, 15) is 14.3 Å². The summed E-state index contributed by atoms with van der Waals surface area (Å²) in [4.78, 5) is 19.3. The van der Waals surface area contributed by atoms with Crippen LogP contribution in [0.2, 0.25) is 5.02 Å². The molecule has 0 bridgehead atoms. The van der Waals surface area contributed by atoms with Crippen LogP contribution in [-0.4, -0.2) is 37.4 Å². The lowest BCUT2D eigenvalue weighted by Crippen LogP contribution is -2.18. The van der Waals surface area contributed by atoms with Crippen molar-refractivity contribution < 1.29 is 14.3 Å². The Balaban J connectivity index is 1.78. The molecule has 11 heteroatoms. The second-order valence-electron chi connectivity index (χ2n) is 5.81. The van der Waals surface area contributed by atoms with Crippen molar-refractivity contribution in [2.24, 2.45) is 5.73 Å². The van der Waals surface area contributed by atoms with Gasteiger partial charge in [-0.1, -0.05) is 29.8 Å². The standard InChI is InChI=1S/C17H17ClFN7O2/c18-12-6-21-17(23-10-5-22-26(7-10)8-15(20)28)25-16(12)24-14(9-27)11-3-1-2-4-13(11)19/h1-7,14,27H,8-9H2,(H2,20,28)(H2,21,23,24,25). The largest absolute Gasteiger partial charge is 0.394 e. The highest BCUT2D eigenvalue weighted by atomic mass is 35.5. The molecule has 28 heavy (non-hydrogen) atoms. The van der Waals surface area contributed by atoms with Crippen molar-refractivity contribution >= 4 is 35.0 Å². The zero-order valence-electron chi connectivity index (χ0n) is 14.5. The molecule has 146 valence electrons. The maximum Gasteiger partial charge on any atom is 0.239 e. The molecule has 2 aromatic heterocycles. The number of hydrogen-bond acceptors (Lipinski definition) is 7. The van der Waals surface area contributed by atoms with Gasteiger partial charge in [-0.3, -0.25) is 9.48 Å². The van der Waals surface area contributed by atoms with Crippen molar-refractivity contribution in [3.63, 3.8) is 0 Å². The third-order valence-corrected chi connectivity index (χ3v) is 4.00. The van der Waals surface area contributed by atoms with Crippen LogP contribution in [0.15, 0.2) is 42.9 Å². The Morgan fingerprint density at radius 1 is 1.36 bits per heavy atom. The summed E-state index contributed by atoms with van der Waals surface area (Å²) < 4.78 is 15.4. The van der Waals surface area contributed by atoms with Gasteiger partial charge >= 0.3 is 0 Å². The fourth-order valence-electron chi connectivity index (χ4n) is 2.48. The Kier molecular flexibility index (Phi) is 6.02. The van der Waals surface area contributed by atoms with E-state index >= 15 is 0 Å². The quantitative estimate of drug-likeness (QED) is 0.449. The number of amides is 1. The van der Waals surface area contributed by atoms with E-state index in [1.165, 1.54) is 23.1 Å². The molecule has 1 aromatic carbocycles. The maximum atomic E-state index is 14.0. The van der Waals surface area contributed by atoms with E-state index in [2.05, 4.69) is 25.7 Å². The number of benzene rings is 1. The minimum Gasteiger partial charge on any atom is -0.394 e. The van der Waals surface area contributed by atoms with Gasteiger partial charge in [-0.25, -0.2) is 9.37 Å². The third kappa shape index (κ3) is 4.72. The lowest BCUT2D eigenvalue weighted by molar-refractivity contribution is -0.118. The Morgan fingerprint density at radius 2 is 2.14 bits per heavy atom. The molecule has 1 atom stereocenters. The van der Waals surface area contributed by atoms with Crippen LogP contribution in [0, 0.1) is 5.82 Å². The molecule has 0 spiro atoms. The van der Waals surface area contributed by atoms with E-state index in [1.54, 1.807) is 24.4 Å². The first-order valence-corrected chi connectivity index (χ1v) is 8.56. The molecule has 1 unspecified atom stereocenters. The van der Waals surface area contributed by atoms with Crippen LogP contribution in [-0.2, 0) is 11.3 Å². The van der Waals surface area contributed by atoms with E-state index in [1.807, 2.05) is 0 Å². The number of primary amides is 1. The van der Waals surface area contributed by atoms with E-state index in [-0.39, 0.29) is 35.5 Å². The lowest BCUT2D eigenvalue weighted by Gasteiger charge is -2.19. The first kappa shape index (κ1) is 19.5. The summed E-state index contributed by atoms with van der Waals surface area (Å²) in [6.07, 6.45) is 4.40. The molecule has 0 fully saturated rings. The predicted molar refractivity (Wildman–Crippen MR) is 102 cm³/mol. The molecule has 0 radical (unpaired) electrons. The molecule has 9 nitrogen and oxygen atoms in total. The number of nitrogens with one attached hydrogen (secondary N) is 2. The smallest absolute Gasteiger partial charge is 0.239 e. The normalized spacial score (nSPS) is 11.8. The topological polar surface area (TPSA) is 131 Å². The van der Waals surface area contributed by atoms with Crippen molar-refractivity contribution in [1.29, 1.82) is 0 Å². The first-order chi connectivity index (χ1) is 13.5. The summed E-state index contributed by atoms with van der Waals surface area (Å²) in [5, 5.41) is 19.7. The fourth-order valence-corrected chi connectivity index (χ4v) is 2.62. The number of carbonyl (C=O) groups excluding carboxylic acids is 1. The number of hydrogen-bond donors (Lipinski definition) is 4. The van der Waals surface area contributed by atoms with Gasteiger partial charge < -0.3 is 21.5 Å². The molecular weight excluding hydrogens is 389 g/mol. The van der Waals surface area contributed by atoms with Crippen molar-refractivity contribution in [2.75, 3.05) is 17.2 Å². The van der Waals surface area contributed by atoms with Gasteiger partial charge in [0.05, 0.1) is 30.7 Å². The van der Waals surface area contributed by atoms with Gasteiger partial charge in [-0.2, -0.15) is 10.1 Å². The molecule has 0 saturated heterocycles. The van der Waals surface area contributed by atoms with E-state index < -0.39 is 17.8 Å². The fraction of sp³-hybridized carbons (Fsp3) is 0.176. The highest BCUT2D eigenvalue weighted by molar-refractivity contribution is 6.32. The van der Waals surface area contributed by atoms with Gasteiger partial charge in [0.15, 0.2) is 5.82 Å². The summed E-state index contributed by atoms with van der Waals surface area (Å²) in [5.41, 5.74) is 5.94. The maximum absolute atomic E-state index is 14.0. The lowest BCUT2D eigenvalue weighted by atomic mass is 10.1. The van der Waals surface area contributed by atoms with Gasteiger partial charge in [0.1, 0.15) is 17.4 Å². The van der Waals surface area contributed by atoms with Crippen LogP contribution < -0.4 is 16.4 Å². The summed E-state index contributed by atoms with van der Waals surface area (Å²) in [6, 6.07) is 5.34. The van der Waals surface area contributed by atoms with E-state index in [0.717, 1.165) is 0 Å². The number of aliphatic hydroxyl groups is 1. The van der Waals surface area contributed by atoms with Gasteiger partial charge in [-0.05, 0) is 6.07 Å². The van der Waals surface area contributed by atoms with E-state index in [4.69, 9.17) is 17.3 Å². The molecule has 5 N–H and O–H groups in total. The Hall–Kier alpha value is -3.24. The number of carbonyl (C=O) groups is 1. The molecule has 2 heterocycles. The molecule has 0 aliphatic rings. The summed E-state index contributed by atoms with van der Waals surface area (Å²) >= 11 is 6.13. The van der Waals surface area contributed by atoms with Crippen LogP contribution in [0.3, 0.4) is 0 Å². The number of aromatic nitrogens is 4. The van der Waals surface area contributed by atoms with E-state index in [0.29, 0.717) is 5.69 Å². The highest BCUT2D eigenvalue weighted by Crippen LogP contribution is 2.26. The Bertz CT molecular complexity index is 982. The third-order valence-electron chi connectivity index (χ3n) is 3.73. The van der Waals surface area contributed by atoms with Crippen LogP contribution in [0.1, 0.15) is 11.6 Å². The number of nitrogens with zero attached hydrogens (tertiary/aromatic N) is 4. The van der Waals surface area contributed by atoms with Crippen LogP contribution in [0.4, 0.5) is 21.8 Å². The van der Waals surface area contributed by atoms with Crippen molar-refractivity contribution in [3.8, 4) is 0 Å². The second kappa shape index (κ2) is 8.63. The second-order valence-corrected chi connectivity index (χ2v) is 6.22. The number of nitrogens with two attached hydrogens (primary N) is 1. The number of rotatable bonds is 8. The zero-order chi connectivity index (χ0) is 20.1. The van der Waals surface area contributed by atoms with Crippen LogP contribution in [0.25, 0.3) is 0 Å². The molecule has 0 aliphatic heterocycles. The molecule has 0 saturated carbocycles. The number of halogens is 2. The monoisotopic (exact) mass is 405 g/mol. The van der Waals surface area contributed by atoms with Crippen LogP contribution >= 0.6 is 11.6 Å². The Labute approximate surface area is 164 Å². The molecule has 3 aromatic rings. The Morgan fingerprint density at radius 3 is 2.86 bits per heavy atom. The molecule has 0 aliphatic carbocycles. The van der Waals surface area contributed by atoms with Crippen molar-refractivity contribution in [3.05, 3.63) is 59.3 Å². The molecule has 3 rings (SSSR count). The minimum absolute atomic E-state index is 0.0587. The van der Waals surface area contributed by atoms with Gasteiger partial charge in [-0.15, -0.1) is 0 Å².